The standard InChI is InChI=1S/C11H15NO3/c1-8-4-9(13)6-10(5-8)15-7-11(14)12(2)3/h4-6,13H,7H2,1-3H3. The smallest absolute Gasteiger partial charge is 0.259 e. The number of hydrogen-bond donors (Lipinski definition) is 1. The van der Waals surface area contributed by atoms with Crippen LogP contribution in [-0.4, -0.2) is 36.6 Å². The zero-order valence-corrected chi connectivity index (χ0v) is 9.15. The Morgan fingerprint density at radius 1 is 1.40 bits per heavy atom. The molecule has 4 heteroatoms. The van der Waals surface area contributed by atoms with E-state index in [2.05, 4.69) is 0 Å². The molecule has 4 nitrogen and oxygen atoms in total. The Kier molecular flexibility index (Phi) is 3.55. The van der Waals surface area contributed by atoms with Gasteiger partial charge in [0.2, 0.25) is 0 Å². The minimum Gasteiger partial charge on any atom is -0.508 e. The van der Waals surface area contributed by atoms with Gasteiger partial charge in [0.05, 0.1) is 0 Å². The fraction of sp³-hybridized carbons (Fsp3) is 0.364. The minimum absolute atomic E-state index is 0.0180. The Bertz CT molecular complexity index is 341. The summed E-state index contributed by atoms with van der Waals surface area (Å²) < 4.78 is 5.24. The van der Waals surface area contributed by atoms with Crippen LogP contribution in [0.3, 0.4) is 0 Å². The van der Waals surface area contributed by atoms with E-state index in [1.54, 1.807) is 26.2 Å². The second-order valence-electron chi connectivity index (χ2n) is 3.58. The van der Waals surface area contributed by atoms with Crippen LogP contribution in [-0.2, 0) is 4.79 Å². The molecule has 0 atom stereocenters. The average molecular weight is 209 g/mol. The molecule has 0 aromatic heterocycles. The number of hydrogen-bond acceptors (Lipinski definition) is 3. The van der Waals surface area contributed by atoms with E-state index in [1.807, 2.05) is 6.92 Å². The lowest BCUT2D eigenvalue weighted by molar-refractivity contribution is -0.130. The first-order chi connectivity index (χ1) is 6.99. The highest BCUT2D eigenvalue weighted by Crippen LogP contribution is 2.20. The summed E-state index contributed by atoms with van der Waals surface area (Å²) in [5, 5.41) is 9.29. The van der Waals surface area contributed by atoms with Gasteiger partial charge in [-0.1, -0.05) is 0 Å². The summed E-state index contributed by atoms with van der Waals surface area (Å²) in [7, 11) is 3.33. The van der Waals surface area contributed by atoms with Crippen molar-refractivity contribution in [2.24, 2.45) is 0 Å². The molecule has 0 saturated heterocycles. The van der Waals surface area contributed by atoms with Crippen LogP contribution in [0.5, 0.6) is 11.5 Å². The average Bonchev–Trinajstić information content (AvgIpc) is 2.12. The van der Waals surface area contributed by atoms with Gasteiger partial charge in [-0.05, 0) is 24.6 Å². The van der Waals surface area contributed by atoms with Gasteiger partial charge in [0.15, 0.2) is 6.61 Å². The van der Waals surface area contributed by atoms with Gasteiger partial charge in [0.1, 0.15) is 11.5 Å². The van der Waals surface area contributed by atoms with Gasteiger partial charge in [0.25, 0.3) is 5.91 Å². The fourth-order valence-corrected chi connectivity index (χ4v) is 1.09. The maximum absolute atomic E-state index is 11.2. The van der Waals surface area contributed by atoms with Gasteiger partial charge in [-0.2, -0.15) is 0 Å². The number of phenolic OH excluding ortho intramolecular Hbond substituents is 1. The van der Waals surface area contributed by atoms with E-state index in [-0.39, 0.29) is 18.3 Å². The van der Waals surface area contributed by atoms with E-state index < -0.39 is 0 Å². The van der Waals surface area contributed by atoms with E-state index >= 15 is 0 Å². The number of amides is 1. The number of likely N-dealkylation sites (N-methyl/N-ethyl adjacent to an activating group) is 1. The molecule has 0 radical (unpaired) electrons. The van der Waals surface area contributed by atoms with Crippen molar-refractivity contribution in [1.82, 2.24) is 4.90 Å². The van der Waals surface area contributed by atoms with Crippen molar-refractivity contribution in [3.05, 3.63) is 23.8 Å². The first-order valence-corrected chi connectivity index (χ1v) is 4.62. The molecule has 0 unspecified atom stereocenters. The molecule has 82 valence electrons. The lowest BCUT2D eigenvalue weighted by Crippen LogP contribution is -2.27. The molecule has 0 aliphatic heterocycles. The highest BCUT2D eigenvalue weighted by Gasteiger charge is 2.05. The Labute approximate surface area is 89.1 Å². The molecule has 0 heterocycles. The molecule has 0 bridgehead atoms. The number of nitrogens with zero attached hydrogens (tertiary/aromatic N) is 1. The summed E-state index contributed by atoms with van der Waals surface area (Å²) in [6.45, 7) is 1.83. The van der Waals surface area contributed by atoms with Crippen LogP contribution in [0.15, 0.2) is 18.2 Å². The third kappa shape index (κ3) is 3.50. The van der Waals surface area contributed by atoms with Crippen LogP contribution in [0, 0.1) is 6.92 Å². The van der Waals surface area contributed by atoms with Gasteiger partial charge in [-0.25, -0.2) is 0 Å². The van der Waals surface area contributed by atoms with Crippen LogP contribution in [0.25, 0.3) is 0 Å². The van der Waals surface area contributed by atoms with Crippen molar-refractivity contribution >= 4 is 5.91 Å². The van der Waals surface area contributed by atoms with Gasteiger partial charge in [-0.3, -0.25) is 4.79 Å². The molecule has 1 N–H and O–H groups in total. The Hall–Kier alpha value is -1.71. The molecular formula is C11H15NO3. The molecular weight excluding hydrogens is 194 g/mol. The van der Waals surface area contributed by atoms with Gasteiger partial charge in [0, 0.05) is 20.2 Å². The summed E-state index contributed by atoms with van der Waals surface area (Å²) in [6, 6.07) is 4.87. The largest absolute Gasteiger partial charge is 0.508 e. The van der Waals surface area contributed by atoms with Crippen molar-refractivity contribution in [3.63, 3.8) is 0 Å². The number of aromatic hydroxyl groups is 1. The predicted molar refractivity (Wildman–Crippen MR) is 57.0 cm³/mol. The Balaban J connectivity index is 2.61. The number of carbonyl (C=O) groups excluding carboxylic acids is 1. The molecule has 0 saturated carbocycles. The van der Waals surface area contributed by atoms with Crippen molar-refractivity contribution in [1.29, 1.82) is 0 Å². The molecule has 1 rings (SSSR count). The third-order valence-electron chi connectivity index (χ3n) is 1.90. The number of aryl methyl sites for hydroxylation is 1. The fourth-order valence-electron chi connectivity index (χ4n) is 1.09. The minimum atomic E-state index is -0.115. The van der Waals surface area contributed by atoms with Crippen LogP contribution < -0.4 is 4.74 Å². The van der Waals surface area contributed by atoms with Crippen molar-refractivity contribution in [2.45, 2.75) is 6.92 Å². The van der Waals surface area contributed by atoms with E-state index in [1.165, 1.54) is 11.0 Å². The zero-order valence-electron chi connectivity index (χ0n) is 9.15. The number of benzene rings is 1. The second kappa shape index (κ2) is 4.68. The zero-order chi connectivity index (χ0) is 11.4. The van der Waals surface area contributed by atoms with Crippen LogP contribution in [0.4, 0.5) is 0 Å². The quantitative estimate of drug-likeness (QED) is 0.812. The molecule has 1 aromatic rings. The molecule has 15 heavy (non-hydrogen) atoms. The SMILES string of the molecule is Cc1cc(O)cc(OCC(=O)N(C)C)c1. The van der Waals surface area contributed by atoms with Crippen LogP contribution >= 0.6 is 0 Å². The van der Waals surface area contributed by atoms with Crippen LogP contribution in [0.2, 0.25) is 0 Å². The number of ether oxygens (including phenoxy) is 1. The summed E-state index contributed by atoms with van der Waals surface area (Å²) in [6.07, 6.45) is 0. The maximum Gasteiger partial charge on any atom is 0.259 e. The molecule has 1 aromatic carbocycles. The van der Waals surface area contributed by atoms with E-state index in [0.717, 1.165) is 5.56 Å². The Morgan fingerprint density at radius 3 is 2.60 bits per heavy atom. The van der Waals surface area contributed by atoms with Gasteiger partial charge < -0.3 is 14.7 Å². The lowest BCUT2D eigenvalue weighted by atomic mass is 10.2. The summed E-state index contributed by atoms with van der Waals surface area (Å²) in [4.78, 5) is 12.7. The first-order valence-electron chi connectivity index (χ1n) is 4.62. The summed E-state index contributed by atoms with van der Waals surface area (Å²) in [5.41, 5.74) is 0.891. The predicted octanol–water partition coefficient (Wildman–Crippen LogP) is 1.17. The maximum atomic E-state index is 11.2. The molecule has 0 aliphatic carbocycles. The highest BCUT2D eigenvalue weighted by atomic mass is 16.5. The normalized spacial score (nSPS) is 9.80. The van der Waals surface area contributed by atoms with E-state index in [0.29, 0.717) is 5.75 Å². The number of phenols is 1. The molecule has 0 fully saturated rings. The second-order valence-corrected chi connectivity index (χ2v) is 3.58. The highest BCUT2D eigenvalue weighted by molar-refractivity contribution is 5.77. The molecule has 0 spiro atoms. The summed E-state index contributed by atoms with van der Waals surface area (Å²) >= 11 is 0. The van der Waals surface area contributed by atoms with Gasteiger partial charge >= 0.3 is 0 Å². The first kappa shape index (κ1) is 11.4. The van der Waals surface area contributed by atoms with Crippen LogP contribution in [0.1, 0.15) is 5.56 Å². The lowest BCUT2D eigenvalue weighted by Gasteiger charge is -2.11. The number of carbonyl (C=O) groups is 1. The van der Waals surface area contributed by atoms with E-state index in [4.69, 9.17) is 4.74 Å². The van der Waals surface area contributed by atoms with Crippen molar-refractivity contribution in [3.8, 4) is 11.5 Å². The van der Waals surface area contributed by atoms with Crippen molar-refractivity contribution in [2.75, 3.05) is 20.7 Å². The topological polar surface area (TPSA) is 49.8 Å². The number of rotatable bonds is 3. The molecule has 1 amide bonds. The Morgan fingerprint density at radius 2 is 2.07 bits per heavy atom. The summed E-state index contributed by atoms with van der Waals surface area (Å²) in [5.74, 6) is 0.529. The van der Waals surface area contributed by atoms with Gasteiger partial charge in [-0.15, -0.1) is 0 Å². The monoisotopic (exact) mass is 209 g/mol. The van der Waals surface area contributed by atoms with E-state index in [9.17, 15) is 9.90 Å². The molecule has 0 aliphatic rings. The third-order valence-corrected chi connectivity index (χ3v) is 1.90. The van der Waals surface area contributed by atoms with Crippen molar-refractivity contribution < 1.29 is 14.6 Å².